The molecule has 1 heterocycles. The summed E-state index contributed by atoms with van der Waals surface area (Å²) < 4.78 is 31.8. The van der Waals surface area contributed by atoms with E-state index in [-0.39, 0.29) is 39.9 Å². The molecule has 4 N–H and O–H groups in total. The molecule has 0 bridgehead atoms. The lowest BCUT2D eigenvalue weighted by Crippen LogP contribution is -2.60. The van der Waals surface area contributed by atoms with Crippen molar-refractivity contribution < 1.29 is 58.4 Å². The van der Waals surface area contributed by atoms with E-state index in [4.69, 9.17) is 28.4 Å². The van der Waals surface area contributed by atoms with Crippen molar-refractivity contribution in [1.29, 1.82) is 0 Å². The van der Waals surface area contributed by atoms with Crippen LogP contribution in [0.15, 0.2) is 30.3 Å². The molecule has 0 unspecified atom stereocenters. The van der Waals surface area contributed by atoms with E-state index < -0.39 is 48.9 Å². The fourth-order valence-corrected chi connectivity index (χ4v) is 3.66. The third-order valence-corrected chi connectivity index (χ3v) is 5.61. The number of hydrogen-bond donors (Lipinski definition) is 4. The summed E-state index contributed by atoms with van der Waals surface area (Å²) in [5.41, 5.74) is -0.124. The number of methoxy groups -OCH3 is 4. The number of aliphatic hydroxyl groups excluding tert-OH is 4. The highest BCUT2D eigenvalue weighted by molar-refractivity contribution is 6.49. The summed E-state index contributed by atoms with van der Waals surface area (Å²) in [7, 11) is 5.48. The Morgan fingerprint density at radius 3 is 1.81 bits per heavy atom. The molecule has 0 spiro atoms. The molecule has 2 aromatic rings. The summed E-state index contributed by atoms with van der Waals surface area (Å²) in [5, 5.41) is 39.5. The zero-order valence-electron chi connectivity index (χ0n) is 20.0. The maximum atomic E-state index is 13.1. The maximum absolute atomic E-state index is 13.1. The van der Waals surface area contributed by atoms with Crippen molar-refractivity contribution >= 4 is 11.6 Å². The molecular weight excluding hydrogens is 480 g/mol. The lowest BCUT2D eigenvalue weighted by atomic mass is 9.99. The molecule has 0 radical (unpaired) electrons. The summed E-state index contributed by atoms with van der Waals surface area (Å²) in [6.45, 7) is -0.643. The largest absolute Gasteiger partial charge is 0.497 e. The van der Waals surface area contributed by atoms with Gasteiger partial charge in [-0.05, 0) is 24.3 Å². The molecule has 1 saturated heterocycles. The Morgan fingerprint density at radius 1 is 0.750 bits per heavy atom. The van der Waals surface area contributed by atoms with E-state index in [1.165, 1.54) is 58.8 Å². The van der Waals surface area contributed by atoms with Crippen molar-refractivity contribution in [3.8, 4) is 28.7 Å². The van der Waals surface area contributed by atoms with Gasteiger partial charge in [0.2, 0.25) is 23.6 Å². The smallest absolute Gasteiger partial charge is 0.233 e. The number of benzene rings is 2. The second-order valence-corrected chi connectivity index (χ2v) is 7.78. The summed E-state index contributed by atoms with van der Waals surface area (Å²) in [4.78, 5) is 26.2. The van der Waals surface area contributed by atoms with Crippen LogP contribution < -0.4 is 23.7 Å². The van der Waals surface area contributed by atoms with Gasteiger partial charge >= 0.3 is 0 Å². The molecule has 36 heavy (non-hydrogen) atoms. The van der Waals surface area contributed by atoms with Crippen LogP contribution in [-0.4, -0.2) is 97.7 Å². The SMILES string of the molecule is COc1cc(O[C@@H]2O[C@H](CO)[C@@H](O)[C@H](O)[C@H]2O)cc(C(=O)C(=O)c2cc(OC)c(OC)c(OC)c2)c1. The molecule has 1 aliphatic heterocycles. The Balaban J connectivity index is 1.92. The molecule has 2 aromatic carbocycles. The Bertz CT molecular complexity index is 1070. The fraction of sp³-hybridized carbons (Fsp3) is 0.417. The van der Waals surface area contributed by atoms with E-state index in [0.717, 1.165) is 0 Å². The van der Waals surface area contributed by atoms with Gasteiger partial charge < -0.3 is 48.8 Å². The molecule has 12 nitrogen and oxygen atoms in total. The first kappa shape index (κ1) is 27.2. The van der Waals surface area contributed by atoms with E-state index in [2.05, 4.69) is 0 Å². The molecular formula is C24H28O12. The number of ketones is 2. The van der Waals surface area contributed by atoms with Crippen LogP contribution in [0, 0.1) is 0 Å². The first-order chi connectivity index (χ1) is 17.2. The third kappa shape index (κ3) is 5.37. The van der Waals surface area contributed by atoms with E-state index in [1.54, 1.807) is 0 Å². The molecule has 0 amide bonds. The van der Waals surface area contributed by atoms with Gasteiger partial charge in [0, 0.05) is 17.2 Å². The van der Waals surface area contributed by atoms with Crippen LogP contribution in [0.3, 0.4) is 0 Å². The van der Waals surface area contributed by atoms with Crippen molar-refractivity contribution in [2.75, 3.05) is 35.0 Å². The van der Waals surface area contributed by atoms with Crippen molar-refractivity contribution in [3.63, 3.8) is 0 Å². The van der Waals surface area contributed by atoms with Crippen LogP contribution in [0.4, 0.5) is 0 Å². The average molecular weight is 508 g/mol. The number of carbonyl (C=O) groups is 2. The number of aliphatic hydroxyl groups is 4. The van der Waals surface area contributed by atoms with Crippen molar-refractivity contribution in [1.82, 2.24) is 0 Å². The number of hydrogen-bond acceptors (Lipinski definition) is 12. The molecule has 0 aromatic heterocycles. The van der Waals surface area contributed by atoms with E-state index in [9.17, 15) is 30.0 Å². The minimum absolute atomic E-state index is 0.0197. The van der Waals surface area contributed by atoms with Crippen LogP contribution in [-0.2, 0) is 4.74 Å². The molecule has 0 saturated carbocycles. The van der Waals surface area contributed by atoms with Crippen molar-refractivity contribution in [2.45, 2.75) is 30.7 Å². The Kier molecular flexibility index (Phi) is 8.71. The first-order valence-corrected chi connectivity index (χ1v) is 10.7. The van der Waals surface area contributed by atoms with Crippen molar-refractivity contribution in [3.05, 3.63) is 41.5 Å². The second kappa shape index (κ2) is 11.5. The number of rotatable bonds is 10. The maximum Gasteiger partial charge on any atom is 0.233 e. The molecule has 0 aliphatic carbocycles. The average Bonchev–Trinajstić information content (AvgIpc) is 2.91. The van der Waals surface area contributed by atoms with Crippen molar-refractivity contribution in [2.24, 2.45) is 0 Å². The lowest BCUT2D eigenvalue weighted by molar-refractivity contribution is -0.277. The Morgan fingerprint density at radius 2 is 1.31 bits per heavy atom. The third-order valence-electron chi connectivity index (χ3n) is 5.61. The summed E-state index contributed by atoms with van der Waals surface area (Å²) in [5.74, 6) is -1.07. The van der Waals surface area contributed by atoms with Crippen LogP contribution in [0.5, 0.6) is 28.7 Å². The zero-order chi connectivity index (χ0) is 26.6. The Hall–Kier alpha value is -3.42. The van der Waals surface area contributed by atoms with Gasteiger partial charge in [-0.2, -0.15) is 0 Å². The van der Waals surface area contributed by atoms with E-state index in [1.807, 2.05) is 0 Å². The highest BCUT2D eigenvalue weighted by Gasteiger charge is 2.44. The monoisotopic (exact) mass is 508 g/mol. The predicted octanol–water partition coefficient (Wildman–Crippen LogP) is -0.0347. The Labute approximate surface area is 206 Å². The summed E-state index contributed by atoms with van der Waals surface area (Å²) >= 11 is 0. The topological polar surface area (TPSA) is 170 Å². The standard InChI is InChI=1S/C24H28O12/c1-31-13-5-11(6-14(9-13)35-24-22(30)21(29)20(28)17(10-25)36-24)18(26)19(27)12-7-15(32-2)23(34-4)16(8-12)33-3/h5-9,17,20-22,24-25,28-30H,10H2,1-4H3/t17-,20-,21+,22-,24-/m1/s1. The number of ether oxygens (including phenoxy) is 6. The number of Topliss-reactive ketones (excluding diaryl/α,β-unsaturated/α-hetero) is 2. The highest BCUT2D eigenvalue weighted by atomic mass is 16.7. The van der Waals surface area contributed by atoms with Crippen LogP contribution in [0.25, 0.3) is 0 Å². The van der Waals surface area contributed by atoms with Gasteiger partial charge in [0.1, 0.15) is 35.9 Å². The minimum atomic E-state index is -1.67. The summed E-state index contributed by atoms with van der Waals surface area (Å²) in [6, 6.07) is 6.59. The van der Waals surface area contributed by atoms with Crippen LogP contribution in [0.1, 0.15) is 20.7 Å². The molecule has 3 rings (SSSR count). The fourth-order valence-electron chi connectivity index (χ4n) is 3.66. The predicted molar refractivity (Wildman–Crippen MR) is 122 cm³/mol. The van der Waals surface area contributed by atoms with Gasteiger partial charge in [-0.3, -0.25) is 9.59 Å². The normalized spacial score (nSPS) is 23.5. The molecule has 196 valence electrons. The quantitative estimate of drug-likeness (QED) is 0.250. The molecule has 12 heteroatoms. The van der Waals surface area contributed by atoms with Gasteiger partial charge in [0.15, 0.2) is 11.5 Å². The van der Waals surface area contributed by atoms with E-state index >= 15 is 0 Å². The van der Waals surface area contributed by atoms with Gasteiger partial charge in [0.05, 0.1) is 35.0 Å². The van der Waals surface area contributed by atoms with Gasteiger partial charge in [-0.15, -0.1) is 0 Å². The minimum Gasteiger partial charge on any atom is -0.497 e. The first-order valence-electron chi connectivity index (χ1n) is 10.7. The molecule has 5 atom stereocenters. The lowest BCUT2D eigenvalue weighted by Gasteiger charge is -2.39. The van der Waals surface area contributed by atoms with Crippen LogP contribution in [0.2, 0.25) is 0 Å². The summed E-state index contributed by atoms with van der Waals surface area (Å²) in [6.07, 6.45) is -7.59. The molecule has 1 fully saturated rings. The second-order valence-electron chi connectivity index (χ2n) is 7.78. The molecule has 1 aliphatic rings. The van der Waals surface area contributed by atoms with Gasteiger partial charge in [0.25, 0.3) is 0 Å². The zero-order valence-corrected chi connectivity index (χ0v) is 20.0. The van der Waals surface area contributed by atoms with E-state index in [0.29, 0.717) is 0 Å². The number of carbonyl (C=O) groups excluding carboxylic acids is 2. The van der Waals surface area contributed by atoms with Gasteiger partial charge in [-0.25, -0.2) is 0 Å². The van der Waals surface area contributed by atoms with Crippen LogP contribution >= 0.6 is 0 Å². The van der Waals surface area contributed by atoms with Gasteiger partial charge in [-0.1, -0.05) is 0 Å². The highest BCUT2D eigenvalue weighted by Crippen LogP contribution is 2.38.